The fraction of sp³-hybridized carbons (Fsp3) is 0.278. The molecule has 0 atom stereocenters. The Morgan fingerprint density at radius 3 is 2.48 bits per heavy atom. The lowest BCUT2D eigenvalue weighted by Gasteiger charge is -2.24. The molecule has 0 heterocycles. The third kappa shape index (κ3) is 3.66. The molecular formula is C18H19FN2O3S. The standard InChI is InChI=1S/C18H19FN2O3S/c1-12-11-15(9-10-16(12)19)25(23,24)20-17-5-3-4-6-18(17)21(13(2)22)14-7-8-14/h3-6,9-11,14,20H,7-8H2,1-2H3. The van der Waals surface area contributed by atoms with Crippen molar-refractivity contribution in [3.05, 3.63) is 53.8 Å². The first-order valence-electron chi connectivity index (χ1n) is 7.97. The van der Waals surface area contributed by atoms with E-state index in [1.807, 2.05) is 0 Å². The van der Waals surface area contributed by atoms with Gasteiger partial charge in [0, 0.05) is 13.0 Å². The van der Waals surface area contributed by atoms with Crippen LogP contribution in [0.5, 0.6) is 0 Å². The van der Waals surface area contributed by atoms with Gasteiger partial charge in [0.1, 0.15) is 5.82 Å². The van der Waals surface area contributed by atoms with Crippen LogP contribution in [0.15, 0.2) is 47.4 Å². The second-order valence-corrected chi connectivity index (χ2v) is 7.84. The Hall–Kier alpha value is -2.41. The molecule has 0 aromatic heterocycles. The van der Waals surface area contributed by atoms with E-state index in [9.17, 15) is 17.6 Å². The van der Waals surface area contributed by atoms with Crippen LogP contribution in [0.3, 0.4) is 0 Å². The normalized spacial score (nSPS) is 14.2. The molecule has 0 unspecified atom stereocenters. The highest BCUT2D eigenvalue weighted by Gasteiger charge is 2.33. The minimum absolute atomic E-state index is 0.0259. The van der Waals surface area contributed by atoms with E-state index in [0.717, 1.165) is 18.9 Å². The number of benzene rings is 2. The summed E-state index contributed by atoms with van der Waals surface area (Å²) in [7, 11) is -3.89. The van der Waals surface area contributed by atoms with Crippen molar-refractivity contribution in [1.82, 2.24) is 0 Å². The molecule has 1 fully saturated rings. The maximum Gasteiger partial charge on any atom is 0.261 e. The Balaban J connectivity index is 1.97. The van der Waals surface area contributed by atoms with Gasteiger partial charge in [-0.1, -0.05) is 12.1 Å². The van der Waals surface area contributed by atoms with E-state index >= 15 is 0 Å². The zero-order valence-corrected chi connectivity index (χ0v) is 14.8. The van der Waals surface area contributed by atoms with Gasteiger partial charge in [-0.05, 0) is 55.7 Å². The lowest BCUT2D eigenvalue weighted by Crippen LogP contribution is -2.31. The number of hydrogen-bond acceptors (Lipinski definition) is 3. The zero-order valence-electron chi connectivity index (χ0n) is 14.0. The average molecular weight is 362 g/mol. The lowest BCUT2D eigenvalue weighted by atomic mass is 10.2. The fourth-order valence-electron chi connectivity index (χ4n) is 2.71. The van der Waals surface area contributed by atoms with Gasteiger partial charge >= 0.3 is 0 Å². The maximum atomic E-state index is 13.4. The summed E-state index contributed by atoms with van der Waals surface area (Å²) in [6, 6.07) is 10.5. The Bertz CT molecular complexity index is 924. The number of nitrogens with one attached hydrogen (secondary N) is 1. The van der Waals surface area contributed by atoms with Gasteiger partial charge in [-0.25, -0.2) is 12.8 Å². The summed E-state index contributed by atoms with van der Waals surface area (Å²) in [6.07, 6.45) is 1.80. The van der Waals surface area contributed by atoms with E-state index in [4.69, 9.17) is 0 Å². The monoisotopic (exact) mass is 362 g/mol. The van der Waals surface area contributed by atoms with Crippen LogP contribution in [0, 0.1) is 12.7 Å². The Morgan fingerprint density at radius 1 is 1.20 bits per heavy atom. The summed E-state index contributed by atoms with van der Waals surface area (Å²) in [6.45, 7) is 2.97. The van der Waals surface area contributed by atoms with Crippen LogP contribution in [-0.2, 0) is 14.8 Å². The number of aryl methyl sites for hydroxylation is 1. The summed E-state index contributed by atoms with van der Waals surface area (Å²) < 4.78 is 41.2. The smallest absolute Gasteiger partial charge is 0.261 e. The van der Waals surface area contributed by atoms with E-state index in [0.29, 0.717) is 11.4 Å². The van der Waals surface area contributed by atoms with Crippen molar-refractivity contribution in [3.8, 4) is 0 Å². The molecule has 0 radical (unpaired) electrons. The lowest BCUT2D eigenvalue weighted by molar-refractivity contribution is -0.116. The first kappa shape index (κ1) is 17.4. The summed E-state index contributed by atoms with van der Waals surface area (Å²) >= 11 is 0. The van der Waals surface area contributed by atoms with Crippen molar-refractivity contribution in [2.24, 2.45) is 0 Å². The van der Waals surface area contributed by atoms with Crippen molar-refractivity contribution < 1.29 is 17.6 Å². The number of nitrogens with zero attached hydrogens (tertiary/aromatic N) is 1. The predicted molar refractivity (Wildman–Crippen MR) is 94.6 cm³/mol. The van der Waals surface area contributed by atoms with E-state index < -0.39 is 15.8 Å². The number of halogens is 1. The van der Waals surface area contributed by atoms with Gasteiger partial charge in [-0.15, -0.1) is 0 Å². The van der Waals surface area contributed by atoms with Gasteiger partial charge in [0.15, 0.2) is 0 Å². The summed E-state index contributed by atoms with van der Waals surface area (Å²) in [4.78, 5) is 13.6. The second kappa shape index (κ2) is 6.48. The number of rotatable bonds is 5. The molecule has 1 aliphatic carbocycles. The van der Waals surface area contributed by atoms with Crippen molar-refractivity contribution in [1.29, 1.82) is 0 Å². The molecule has 5 nitrogen and oxygen atoms in total. The van der Waals surface area contributed by atoms with Crippen molar-refractivity contribution in [2.75, 3.05) is 9.62 Å². The summed E-state index contributed by atoms with van der Waals surface area (Å²) in [5.41, 5.74) is 1.10. The van der Waals surface area contributed by atoms with Crippen LogP contribution >= 0.6 is 0 Å². The molecule has 0 saturated heterocycles. The van der Waals surface area contributed by atoms with Crippen LogP contribution in [0.4, 0.5) is 15.8 Å². The van der Waals surface area contributed by atoms with E-state index in [1.54, 1.807) is 29.2 Å². The second-order valence-electron chi connectivity index (χ2n) is 6.15. The highest BCUT2D eigenvalue weighted by atomic mass is 32.2. The van der Waals surface area contributed by atoms with Crippen molar-refractivity contribution in [3.63, 3.8) is 0 Å². The van der Waals surface area contributed by atoms with Gasteiger partial charge in [-0.2, -0.15) is 0 Å². The van der Waals surface area contributed by atoms with Crippen LogP contribution in [0.1, 0.15) is 25.3 Å². The van der Waals surface area contributed by atoms with Crippen LogP contribution < -0.4 is 9.62 Å². The number of amides is 1. The van der Waals surface area contributed by atoms with Crippen LogP contribution in [0.25, 0.3) is 0 Å². The minimum atomic E-state index is -3.89. The maximum absolute atomic E-state index is 13.4. The molecule has 1 amide bonds. The topological polar surface area (TPSA) is 66.5 Å². The van der Waals surface area contributed by atoms with Gasteiger partial charge in [-0.3, -0.25) is 9.52 Å². The highest BCUT2D eigenvalue weighted by Crippen LogP contribution is 2.36. The molecule has 2 aromatic carbocycles. The van der Waals surface area contributed by atoms with Gasteiger partial charge in [0.05, 0.1) is 16.3 Å². The number of carbonyl (C=O) groups excluding carboxylic acids is 1. The Labute approximate surface area is 146 Å². The quantitative estimate of drug-likeness (QED) is 0.886. The summed E-state index contributed by atoms with van der Waals surface area (Å²) in [5.74, 6) is -0.595. The first-order chi connectivity index (χ1) is 11.8. The molecule has 7 heteroatoms. The first-order valence-corrected chi connectivity index (χ1v) is 9.46. The Kier molecular flexibility index (Phi) is 4.51. The SMILES string of the molecule is CC(=O)N(c1ccccc1NS(=O)(=O)c1ccc(F)c(C)c1)C1CC1. The fourth-order valence-corrected chi connectivity index (χ4v) is 3.87. The van der Waals surface area contributed by atoms with Crippen LogP contribution in [-0.4, -0.2) is 20.4 Å². The molecular weight excluding hydrogens is 343 g/mol. The third-order valence-electron chi connectivity index (χ3n) is 4.10. The van der Waals surface area contributed by atoms with E-state index in [-0.39, 0.29) is 22.4 Å². The van der Waals surface area contributed by atoms with Crippen molar-refractivity contribution in [2.45, 2.75) is 37.6 Å². The number of para-hydroxylation sites is 2. The van der Waals surface area contributed by atoms with E-state index in [2.05, 4.69) is 4.72 Å². The van der Waals surface area contributed by atoms with Gasteiger partial charge in [0.25, 0.3) is 10.0 Å². The number of carbonyl (C=O) groups is 1. The largest absolute Gasteiger partial charge is 0.308 e. The molecule has 2 aromatic rings. The predicted octanol–water partition coefficient (Wildman–Crippen LogP) is 3.45. The molecule has 3 rings (SSSR count). The average Bonchev–Trinajstić information content (AvgIpc) is 3.36. The molecule has 1 saturated carbocycles. The van der Waals surface area contributed by atoms with Gasteiger partial charge in [0.2, 0.25) is 5.91 Å². The number of hydrogen-bond donors (Lipinski definition) is 1. The molecule has 1 aliphatic rings. The Morgan fingerprint density at radius 2 is 1.88 bits per heavy atom. The van der Waals surface area contributed by atoms with Gasteiger partial charge < -0.3 is 4.90 Å². The minimum Gasteiger partial charge on any atom is -0.308 e. The van der Waals surface area contributed by atoms with Crippen LogP contribution in [0.2, 0.25) is 0 Å². The molecule has 0 bridgehead atoms. The van der Waals surface area contributed by atoms with E-state index in [1.165, 1.54) is 26.0 Å². The van der Waals surface area contributed by atoms with Crippen molar-refractivity contribution >= 4 is 27.3 Å². The summed E-state index contributed by atoms with van der Waals surface area (Å²) in [5, 5.41) is 0. The molecule has 132 valence electrons. The third-order valence-corrected chi connectivity index (χ3v) is 5.46. The molecule has 1 N–H and O–H groups in total. The zero-order chi connectivity index (χ0) is 18.2. The molecule has 25 heavy (non-hydrogen) atoms. The molecule has 0 spiro atoms. The highest BCUT2D eigenvalue weighted by molar-refractivity contribution is 7.92. The number of sulfonamides is 1. The number of anilines is 2. The molecule has 0 aliphatic heterocycles.